The van der Waals surface area contributed by atoms with Crippen LogP contribution in [0.15, 0.2) is 24.7 Å². The van der Waals surface area contributed by atoms with Crippen LogP contribution in [0.3, 0.4) is 0 Å². The summed E-state index contributed by atoms with van der Waals surface area (Å²) in [7, 11) is 1.36. The lowest BCUT2D eigenvalue weighted by molar-refractivity contribution is -0.133. The number of rotatable bonds is 5. The predicted octanol–water partition coefficient (Wildman–Crippen LogP) is 2.95. The number of hydrogen-bond acceptors (Lipinski definition) is 7. The molecule has 0 aliphatic carbocycles. The molecule has 4 heterocycles. The Morgan fingerprint density at radius 1 is 1.21 bits per heavy atom. The van der Waals surface area contributed by atoms with Crippen molar-refractivity contribution in [3.63, 3.8) is 0 Å². The fourth-order valence-corrected chi connectivity index (χ4v) is 4.02. The van der Waals surface area contributed by atoms with E-state index >= 15 is 0 Å². The minimum atomic E-state index is -0.498. The van der Waals surface area contributed by atoms with Crippen molar-refractivity contribution in [2.75, 3.05) is 38.6 Å². The van der Waals surface area contributed by atoms with E-state index in [0.717, 1.165) is 16.5 Å². The molecule has 2 amide bonds. The first-order valence-electron chi connectivity index (χ1n) is 10.8. The zero-order valence-corrected chi connectivity index (χ0v) is 19.5. The predicted molar refractivity (Wildman–Crippen MR) is 125 cm³/mol. The summed E-state index contributed by atoms with van der Waals surface area (Å²) in [5, 5.41) is 4.62. The molecule has 174 valence electrons. The number of hydrogen-bond donors (Lipinski definition) is 2. The molecular formula is C22H26ClN7O3. The van der Waals surface area contributed by atoms with Crippen LogP contribution in [0.2, 0.25) is 5.02 Å². The first-order chi connectivity index (χ1) is 15.9. The van der Waals surface area contributed by atoms with Gasteiger partial charge in [-0.05, 0) is 19.4 Å². The molecule has 1 fully saturated rings. The van der Waals surface area contributed by atoms with Gasteiger partial charge in [-0.2, -0.15) is 0 Å². The van der Waals surface area contributed by atoms with E-state index in [1.807, 2.05) is 19.9 Å². The minimum Gasteiger partial charge on any atom is -0.453 e. The number of fused-ring (bicyclic) bond motifs is 1. The number of nitrogens with one attached hydrogen (secondary N) is 2. The third-order valence-corrected chi connectivity index (χ3v) is 5.94. The summed E-state index contributed by atoms with van der Waals surface area (Å²) < 4.78 is 4.76. The third-order valence-electron chi connectivity index (χ3n) is 5.73. The Labute approximate surface area is 196 Å². The second-order valence-corrected chi connectivity index (χ2v) is 8.26. The first-order valence-corrected chi connectivity index (χ1v) is 11.2. The van der Waals surface area contributed by atoms with E-state index in [0.29, 0.717) is 54.9 Å². The topological polar surface area (TPSA) is 116 Å². The highest BCUT2D eigenvalue weighted by atomic mass is 35.5. The number of nitrogens with zero attached hydrogens (tertiary/aromatic N) is 5. The quantitative estimate of drug-likeness (QED) is 0.587. The first kappa shape index (κ1) is 22.8. The number of carbonyl (C=O) groups is 2. The molecule has 0 radical (unpaired) electrons. The smallest absolute Gasteiger partial charge is 0.409 e. The van der Waals surface area contributed by atoms with E-state index in [2.05, 4.69) is 20.3 Å². The van der Waals surface area contributed by atoms with Crippen LogP contribution in [0.4, 0.5) is 10.6 Å². The van der Waals surface area contributed by atoms with E-state index < -0.39 is 6.04 Å². The average Bonchev–Trinajstić information content (AvgIpc) is 3.26. The maximum absolute atomic E-state index is 13.0. The maximum atomic E-state index is 13.0. The Balaban J connectivity index is 1.52. The molecule has 2 N–H and O–H groups in total. The highest BCUT2D eigenvalue weighted by Gasteiger charge is 2.28. The fourth-order valence-electron chi connectivity index (χ4n) is 3.86. The van der Waals surface area contributed by atoms with Crippen LogP contribution in [0, 0.1) is 0 Å². The lowest BCUT2D eigenvalue weighted by Gasteiger charge is -2.35. The number of pyridine rings is 1. The molecule has 0 unspecified atom stereocenters. The van der Waals surface area contributed by atoms with Crippen molar-refractivity contribution in [2.45, 2.75) is 26.3 Å². The fraction of sp³-hybridized carbons (Fsp3) is 0.409. The summed E-state index contributed by atoms with van der Waals surface area (Å²) in [6.07, 6.45) is 5.49. The Hall–Kier alpha value is -3.40. The van der Waals surface area contributed by atoms with Gasteiger partial charge in [0.2, 0.25) is 5.91 Å². The molecule has 1 atom stereocenters. The van der Waals surface area contributed by atoms with Gasteiger partial charge in [0.05, 0.1) is 12.1 Å². The Morgan fingerprint density at radius 2 is 1.94 bits per heavy atom. The van der Waals surface area contributed by atoms with Crippen molar-refractivity contribution in [3.05, 3.63) is 35.2 Å². The number of piperazine rings is 1. The number of anilines is 1. The van der Waals surface area contributed by atoms with Crippen LogP contribution in [0.25, 0.3) is 22.4 Å². The molecule has 0 aromatic carbocycles. The highest BCUT2D eigenvalue weighted by molar-refractivity contribution is 6.31. The second-order valence-electron chi connectivity index (χ2n) is 7.82. The van der Waals surface area contributed by atoms with Crippen molar-refractivity contribution < 1.29 is 14.3 Å². The van der Waals surface area contributed by atoms with Crippen LogP contribution in [-0.2, 0) is 16.0 Å². The Kier molecular flexibility index (Phi) is 6.64. The van der Waals surface area contributed by atoms with Crippen molar-refractivity contribution in [1.82, 2.24) is 29.7 Å². The zero-order valence-electron chi connectivity index (χ0n) is 18.8. The second kappa shape index (κ2) is 9.62. The van der Waals surface area contributed by atoms with Gasteiger partial charge in [0, 0.05) is 61.3 Å². The lowest BCUT2D eigenvalue weighted by atomic mass is 10.1. The number of carbonyl (C=O) groups excluding carboxylic acids is 2. The SMILES string of the molecule is CCc1cnc(-c2c[nH]c3ncc(Cl)cc23)nc1N[C@H](C)C(=O)N1CCN(C(=O)OC)CC1. The van der Waals surface area contributed by atoms with Gasteiger partial charge < -0.3 is 24.8 Å². The number of amides is 2. The molecule has 1 aliphatic heterocycles. The molecule has 4 rings (SSSR count). The molecule has 1 aliphatic rings. The molecular weight excluding hydrogens is 446 g/mol. The van der Waals surface area contributed by atoms with E-state index in [4.69, 9.17) is 21.3 Å². The molecule has 3 aromatic rings. The van der Waals surface area contributed by atoms with Gasteiger partial charge in [-0.3, -0.25) is 4.79 Å². The normalized spacial score (nSPS) is 14.9. The Bertz CT molecular complexity index is 1170. The molecule has 3 aromatic heterocycles. The van der Waals surface area contributed by atoms with Crippen LogP contribution in [-0.4, -0.2) is 81.1 Å². The average molecular weight is 472 g/mol. The summed E-state index contributed by atoms with van der Waals surface area (Å²) >= 11 is 6.13. The zero-order chi connectivity index (χ0) is 23.5. The van der Waals surface area contributed by atoms with Gasteiger partial charge in [-0.1, -0.05) is 18.5 Å². The number of halogens is 1. The van der Waals surface area contributed by atoms with Crippen molar-refractivity contribution >= 4 is 40.5 Å². The minimum absolute atomic E-state index is 0.0511. The largest absolute Gasteiger partial charge is 0.453 e. The molecule has 33 heavy (non-hydrogen) atoms. The van der Waals surface area contributed by atoms with Gasteiger partial charge in [0.25, 0.3) is 0 Å². The summed E-state index contributed by atoms with van der Waals surface area (Å²) in [5.74, 6) is 1.07. The summed E-state index contributed by atoms with van der Waals surface area (Å²) in [6.45, 7) is 5.63. The van der Waals surface area contributed by atoms with Gasteiger partial charge in [-0.25, -0.2) is 19.7 Å². The number of aryl methyl sites for hydroxylation is 1. The third kappa shape index (κ3) is 4.70. The van der Waals surface area contributed by atoms with E-state index in [1.165, 1.54) is 7.11 Å². The van der Waals surface area contributed by atoms with Gasteiger partial charge >= 0.3 is 6.09 Å². The van der Waals surface area contributed by atoms with Gasteiger partial charge in [0.1, 0.15) is 17.5 Å². The van der Waals surface area contributed by atoms with Crippen LogP contribution in [0.5, 0.6) is 0 Å². The number of H-pyrrole nitrogens is 1. The molecule has 1 saturated heterocycles. The number of aromatic amines is 1. The van der Waals surface area contributed by atoms with E-state index in [1.54, 1.807) is 28.4 Å². The lowest BCUT2D eigenvalue weighted by Crippen LogP contribution is -2.53. The van der Waals surface area contributed by atoms with Crippen molar-refractivity contribution in [1.29, 1.82) is 0 Å². The summed E-state index contributed by atoms with van der Waals surface area (Å²) in [5.41, 5.74) is 2.38. The van der Waals surface area contributed by atoms with E-state index in [9.17, 15) is 9.59 Å². The van der Waals surface area contributed by atoms with Crippen LogP contribution in [0.1, 0.15) is 19.4 Å². The highest BCUT2D eigenvalue weighted by Crippen LogP contribution is 2.28. The van der Waals surface area contributed by atoms with E-state index in [-0.39, 0.29) is 12.0 Å². The Morgan fingerprint density at radius 3 is 2.64 bits per heavy atom. The molecule has 0 saturated carbocycles. The molecule has 0 bridgehead atoms. The maximum Gasteiger partial charge on any atom is 0.409 e. The number of ether oxygens (including phenoxy) is 1. The van der Waals surface area contributed by atoms with Gasteiger partial charge in [-0.15, -0.1) is 0 Å². The molecule has 10 nitrogen and oxygen atoms in total. The van der Waals surface area contributed by atoms with Crippen LogP contribution < -0.4 is 5.32 Å². The summed E-state index contributed by atoms with van der Waals surface area (Å²) in [6, 6.07) is 1.32. The van der Waals surface area contributed by atoms with Gasteiger partial charge in [0.15, 0.2) is 5.82 Å². The standard InChI is InChI=1S/C22H26ClN7O3/c1-4-14-10-24-20(17-12-26-19-16(17)9-15(23)11-25-19)28-18(14)27-13(2)21(31)29-5-7-30(8-6-29)22(32)33-3/h9-13H,4-8H2,1-3H3,(H,25,26)(H,24,27,28)/t13-/m1/s1. The number of aromatic nitrogens is 4. The van der Waals surface area contributed by atoms with Crippen molar-refractivity contribution in [3.8, 4) is 11.4 Å². The summed E-state index contributed by atoms with van der Waals surface area (Å²) in [4.78, 5) is 44.7. The number of methoxy groups -OCH3 is 1. The monoisotopic (exact) mass is 471 g/mol. The van der Waals surface area contributed by atoms with Crippen LogP contribution >= 0.6 is 11.6 Å². The van der Waals surface area contributed by atoms with Crippen molar-refractivity contribution in [2.24, 2.45) is 0 Å². The molecule has 11 heteroatoms. The molecule has 0 spiro atoms.